The molecular weight excluding hydrogens is 398 g/mol. The van der Waals surface area contributed by atoms with Crippen molar-refractivity contribution in [2.24, 2.45) is 0 Å². The standard InChI is InChI=1S/C20H20F2N4O4/c1-2-24-10-25-7-3-4-14-15(17(27)18(28)16(20(24)30)26(14)25)19(29)23-9-11-5-6-12(21)8-13(11)22/h5-6,8,28H,2-4,7,9-10H2,1H3,(H,23,29). The number of carbonyl (C=O) groups excluding carboxylic acids is 2. The lowest BCUT2D eigenvalue weighted by molar-refractivity contribution is 0.0687. The van der Waals surface area contributed by atoms with E-state index in [-0.39, 0.29) is 30.0 Å². The summed E-state index contributed by atoms with van der Waals surface area (Å²) in [4.78, 5) is 39.9. The average Bonchev–Trinajstić information content (AvgIpc) is 2.72. The molecule has 0 unspecified atom stereocenters. The smallest absolute Gasteiger partial charge is 0.277 e. The maximum atomic E-state index is 13.8. The molecule has 0 fully saturated rings. The highest BCUT2D eigenvalue weighted by molar-refractivity contribution is 6.00. The molecule has 0 radical (unpaired) electrons. The van der Waals surface area contributed by atoms with Gasteiger partial charge in [-0.25, -0.2) is 8.78 Å². The van der Waals surface area contributed by atoms with Crippen molar-refractivity contribution in [3.05, 3.63) is 62.6 Å². The predicted molar refractivity (Wildman–Crippen MR) is 103 cm³/mol. The summed E-state index contributed by atoms with van der Waals surface area (Å²) >= 11 is 0. The van der Waals surface area contributed by atoms with E-state index in [1.807, 2.05) is 0 Å². The van der Waals surface area contributed by atoms with Crippen LogP contribution >= 0.6 is 0 Å². The summed E-state index contributed by atoms with van der Waals surface area (Å²) < 4.78 is 28.4. The minimum absolute atomic E-state index is 0.0519. The highest BCUT2D eigenvalue weighted by Crippen LogP contribution is 2.27. The topological polar surface area (TPSA) is 94.9 Å². The van der Waals surface area contributed by atoms with Crippen LogP contribution in [0.3, 0.4) is 0 Å². The number of carbonyl (C=O) groups is 2. The van der Waals surface area contributed by atoms with Crippen molar-refractivity contribution in [1.29, 1.82) is 0 Å². The zero-order valence-corrected chi connectivity index (χ0v) is 16.2. The molecule has 2 aliphatic rings. The molecule has 3 heterocycles. The molecular formula is C20H20F2N4O4. The average molecular weight is 418 g/mol. The van der Waals surface area contributed by atoms with Crippen LogP contribution in [0.25, 0.3) is 0 Å². The van der Waals surface area contributed by atoms with Gasteiger partial charge in [-0.15, -0.1) is 0 Å². The van der Waals surface area contributed by atoms with Crippen molar-refractivity contribution >= 4 is 11.8 Å². The summed E-state index contributed by atoms with van der Waals surface area (Å²) in [5, 5.41) is 14.7. The normalized spacial score (nSPS) is 15.2. The lowest BCUT2D eigenvalue weighted by atomic mass is 10.0. The largest absolute Gasteiger partial charge is 0.502 e. The summed E-state index contributed by atoms with van der Waals surface area (Å²) in [5.74, 6) is -3.62. The molecule has 2 aliphatic heterocycles. The summed E-state index contributed by atoms with van der Waals surface area (Å²) in [7, 11) is 0. The van der Waals surface area contributed by atoms with E-state index in [0.29, 0.717) is 37.7 Å². The zero-order valence-electron chi connectivity index (χ0n) is 16.2. The first kappa shape index (κ1) is 19.9. The van der Waals surface area contributed by atoms with Crippen LogP contribution in [0.1, 0.15) is 45.4 Å². The predicted octanol–water partition coefficient (Wildman–Crippen LogP) is 1.08. The number of hydrogen-bond acceptors (Lipinski definition) is 5. The molecule has 30 heavy (non-hydrogen) atoms. The van der Waals surface area contributed by atoms with Crippen molar-refractivity contribution in [3.63, 3.8) is 0 Å². The van der Waals surface area contributed by atoms with Crippen LogP contribution in [0.5, 0.6) is 5.75 Å². The zero-order chi connectivity index (χ0) is 21.6. The van der Waals surface area contributed by atoms with E-state index in [2.05, 4.69) is 5.32 Å². The van der Waals surface area contributed by atoms with Crippen molar-refractivity contribution in [2.75, 3.05) is 24.8 Å². The van der Waals surface area contributed by atoms with Crippen molar-refractivity contribution in [3.8, 4) is 5.75 Å². The van der Waals surface area contributed by atoms with Crippen LogP contribution in [0.15, 0.2) is 23.0 Å². The van der Waals surface area contributed by atoms with Gasteiger partial charge >= 0.3 is 0 Å². The Morgan fingerprint density at radius 1 is 1.27 bits per heavy atom. The third-order valence-corrected chi connectivity index (χ3v) is 5.42. The number of nitrogens with zero attached hydrogens (tertiary/aromatic N) is 3. The molecule has 1 aromatic carbocycles. The van der Waals surface area contributed by atoms with Gasteiger partial charge in [0.1, 0.15) is 23.9 Å². The minimum Gasteiger partial charge on any atom is -0.502 e. The number of pyridine rings is 1. The first-order valence-electron chi connectivity index (χ1n) is 9.61. The Balaban J connectivity index is 1.74. The van der Waals surface area contributed by atoms with Crippen LogP contribution in [0.2, 0.25) is 0 Å². The van der Waals surface area contributed by atoms with E-state index in [1.54, 1.807) is 11.9 Å². The highest BCUT2D eigenvalue weighted by atomic mass is 19.1. The fourth-order valence-corrected chi connectivity index (χ4v) is 3.91. The molecule has 0 saturated carbocycles. The number of aromatic nitrogens is 1. The highest BCUT2D eigenvalue weighted by Gasteiger charge is 2.38. The SMILES string of the molecule is CCN1CN2CCCc3c(C(=O)NCc4ccc(F)cc4F)c(=O)c(O)c(n32)C1=O. The van der Waals surface area contributed by atoms with Gasteiger partial charge in [0.15, 0.2) is 11.4 Å². The van der Waals surface area contributed by atoms with E-state index >= 15 is 0 Å². The second-order valence-corrected chi connectivity index (χ2v) is 7.21. The number of benzene rings is 1. The molecule has 2 aromatic rings. The van der Waals surface area contributed by atoms with Crippen molar-refractivity contribution in [2.45, 2.75) is 26.3 Å². The molecule has 10 heteroatoms. The fraction of sp³-hybridized carbons (Fsp3) is 0.350. The summed E-state index contributed by atoms with van der Waals surface area (Å²) in [6, 6.07) is 2.97. The van der Waals surface area contributed by atoms with E-state index in [0.717, 1.165) is 6.07 Å². The Kier molecular flexibility index (Phi) is 4.92. The van der Waals surface area contributed by atoms with E-state index in [4.69, 9.17) is 0 Å². The van der Waals surface area contributed by atoms with E-state index in [1.165, 1.54) is 15.6 Å². The van der Waals surface area contributed by atoms with Crippen LogP contribution in [-0.2, 0) is 13.0 Å². The van der Waals surface area contributed by atoms with Gasteiger partial charge in [0, 0.05) is 31.3 Å². The number of aromatic hydroxyl groups is 1. The fourth-order valence-electron chi connectivity index (χ4n) is 3.91. The van der Waals surface area contributed by atoms with Gasteiger partial charge in [-0.3, -0.25) is 24.1 Å². The molecule has 8 nitrogen and oxygen atoms in total. The molecule has 4 rings (SSSR count). The quantitative estimate of drug-likeness (QED) is 0.775. The van der Waals surface area contributed by atoms with Crippen LogP contribution in [-0.4, -0.2) is 46.3 Å². The first-order valence-corrected chi connectivity index (χ1v) is 9.61. The molecule has 0 bridgehead atoms. The Hall–Kier alpha value is -3.43. The summed E-state index contributed by atoms with van der Waals surface area (Å²) in [5.41, 5.74) is -0.983. The van der Waals surface area contributed by atoms with Crippen LogP contribution in [0, 0.1) is 11.6 Å². The lowest BCUT2D eigenvalue weighted by Gasteiger charge is -2.43. The van der Waals surface area contributed by atoms with Gasteiger partial charge < -0.3 is 15.3 Å². The number of halogens is 2. The molecule has 1 aromatic heterocycles. The van der Waals surface area contributed by atoms with Crippen molar-refractivity contribution in [1.82, 2.24) is 14.9 Å². The van der Waals surface area contributed by atoms with Gasteiger partial charge in [-0.1, -0.05) is 6.07 Å². The van der Waals surface area contributed by atoms with Crippen LogP contribution in [0.4, 0.5) is 8.78 Å². The molecule has 158 valence electrons. The Morgan fingerprint density at radius 3 is 2.73 bits per heavy atom. The number of hydrogen-bond donors (Lipinski definition) is 2. The Bertz CT molecular complexity index is 1110. The maximum Gasteiger partial charge on any atom is 0.277 e. The van der Waals surface area contributed by atoms with Gasteiger partial charge in [-0.2, -0.15) is 0 Å². The minimum atomic E-state index is -0.943. The van der Waals surface area contributed by atoms with E-state index in [9.17, 15) is 28.3 Å². The Morgan fingerprint density at radius 2 is 2.03 bits per heavy atom. The third kappa shape index (κ3) is 3.08. The van der Waals surface area contributed by atoms with Gasteiger partial charge in [-0.05, 0) is 25.8 Å². The molecule has 0 atom stereocenters. The molecule has 0 saturated heterocycles. The second kappa shape index (κ2) is 7.43. The number of amides is 2. The number of nitrogens with one attached hydrogen (secondary N) is 1. The maximum absolute atomic E-state index is 13.8. The summed E-state index contributed by atoms with van der Waals surface area (Å²) in [6.45, 7) is 2.81. The van der Waals surface area contributed by atoms with Gasteiger partial charge in [0.25, 0.3) is 11.8 Å². The Labute approximate surface area is 170 Å². The first-order chi connectivity index (χ1) is 14.3. The third-order valence-electron chi connectivity index (χ3n) is 5.42. The summed E-state index contributed by atoms with van der Waals surface area (Å²) in [6.07, 6.45) is 1.02. The molecule has 2 amide bonds. The molecule has 0 aliphatic carbocycles. The van der Waals surface area contributed by atoms with E-state index < -0.39 is 34.6 Å². The number of rotatable bonds is 4. The second-order valence-electron chi connectivity index (χ2n) is 7.21. The van der Waals surface area contributed by atoms with Crippen molar-refractivity contribution < 1.29 is 23.5 Å². The molecule has 2 N–H and O–H groups in total. The lowest BCUT2D eigenvalue weighted by Crippen LogP contribution is -2.57. The monoisotopic (exact) mass is 418 g/mol. The molecule has 0 spiro atoms. The van der Waals surface area contributed by atoms with Crippen LogP contribution < -0.4 is 15.8 Å². The van der Waals surface area contributed by atoms with Gasteiger partial charge in [0.2, 0.25) is 5.43 Å². The van der Waals surface area contributed by atoms with Gasteiger partial charge in [0.05, 0.1) is 5.69 Å².